The average Bonchev–Trinajstić information content (AvgIpc) is 2.38. The van der Waals surface area contributed by atoms with E-state index in [2.05, 4.69) is 6.92 Å². The first kappa shape index (κ1) is 13.1. The van der Waals surface area contributed by atoms with Crippen LogP contribution in [0, 0.1) is 11.8 Å². The van der Waals surface area contributed by atoms with Crippen LogP contribution in [-0.2, 0) is 9.53 Å². The van der Waals surface area contributed by atoms with Gasteiger partial charge in [-0.3, -0.25) is 4.79 Å². The summed E-state index contributed by atoms with van der Waals surface area (Å²) in [6.45, 7) is 5.02. The largest absolute Gasteiger partial charge is 0.367 e. The Balaban J connectivity index is 2.06. The number of rotatable bonds is 3. The van der Waals surface area contributed by atoms with Crippen molar-refractivity contribution in [1.82, 2.24) is 0 Å². The maximum Gasteiger partial charge on any atom is 0.167 e. The minimum Gasteiger partial charge on any atom is -0.367 e. The van der Waals surface area contributed by atoms with E-state index in [1.165, 1.54) is 19.3 Å². The van der Waals surface area contributed by atoms with Gasteiger partial charge >= 0.3 is 0 Å². The van der Waals surface area contributed by atoms with Gasteiger partial charge in [-0.25, -0.2) is 0 Å². The highest BCUT2D eigenvalue weighted by Gasteiger charge is 2.42. The molecular formula is C15H26O2. The van der Waals surface area contributed by atoms with Crippen molar-refractivity contribution in [2.24, 2.45) is 11.8 Å². The fraction of sp³-hybridized carbons (Fsp3) is 0.933. The zero-order valence-electron chi connectivity index (χ0n) is 11.3. The molecule has 0 spiro atoms. The first-order valence-corrected chi connectivity index (χ1v) is 7.35. The van der Waals surface area contributed by atoms with Crippen LogP contribution in [0.4, 0.5) is 0 Å². The van der Waals surface area contributed by atoms with E-state index in [4.69, 9.17) is 4.74 Å². The monoisotopic (exact) mass is 238 g/mol. The molecule has 0 amide bonds. The molecule has 1 saturated carbocycles. The number of hydrogen-bond acceptors (Lipinski definition) is 2. The van der Waals surface area contributed by atoms with E-state index in [-0.39, 0.29) is 5.92 Å². The van der Waals surface area contributed by atoms with E-state index in [0.717, 1.165) is 38.7 Å². The second-order valence-corrected chi connectivity index (χ2v) is 5.96. The number of ketones is 1. The maximum atomic E-state index is 12.7. The predicted molar refractivity (Wildman–Crippen MR) is 69.0 cm³/mol. The first-order valence-electron chi connectivity index (χ1n) is 7.35. The van der Waals surface area contributed by atoms with Crippen molar-refractivity contribution < 1.29 is 9.53 Å². The molecule has 1 aliphatic heterocycles. The Morgan fingerprint density at radius 2 is 2.00 bits per heavy atom. The lowest BCUT2D eigenvalue weighted by atomic mass is 9.71. The van der Waals surface area contributed by atoms with Gasteiger partial charge in [-0.1, -0.05) is 26.2 Å². The summed E-state index contributed by atoms with van der Waals surface area (Å²) in [4.78, 5) is 12.7. The standard InChI is InChI=1S/C15H26O2/c1-3-12-8-4-5-9-13(12)14(16)15(2)10-6-7-11-17-15/h12-13H,3-11H2,1-2H3. The Hall–Kier alpha value is -0.370. The van der Waals surface area contributed by atoms with E-state index in [0.29, 0.717) is 11.7 Å². The van der Waals surface area contributed by atoms with E-state index in [1.807, 2.05) is 6.92 Å². The highest BCUT2D eigenvalue weighted by molar-refractivity contribution is 5.89. The van der Waals surface area contributed by atoms with E-state index < -0.39 is 5.60 Å². The lowest BCUT2D eigenvalue weighted by Gasteiger charge is -2.39. The Labute approximate surface area is 105 Å². The van der Waals surface area contributed by atoms with E-state index in [1.54, 1.807) is 0 Å². The molecule has 0 aromatic carbocycles. The molecule has 3 unspecified atom stereocenters. The van der Waals surface area contributed by atoms with Gasteiger partial charge in [-0.2, -0.15) is 0 Å². The van der Waals surface area contributed by atoms with E-state index in [9.17, 15) is 4.79 Å². The van der Waals surface area contributed by atoms with Crippen molar-refractivity contribution >= 4 is 5.78 Å². The molecule has 98 valence electrons. The van der Waals surface area contributed by atoms with Crippen LogP contribution in [0.1, 0.15) is 65.2 Å². The molecule has 1 aliphatic carbocycles. The fourth-order valence-electron chi connectivity index (χ4n) is 3.56. The smallest absolute Gasteiger partial charge is 0.167 e. The Morgan fingerprint density at radius 3 is 2.65 bits per heavy atom. The number of hydrogen-bond donors (Lipinski definition) is 0. The molecule has 2 rings (SSSR count). The van der Waals surface area contributed by atoms with Crippen molar-refractivity contribution in [1.29, 1.82) is 0 Å². The second-order valence-electron chi connectivity index (χ2n) is 5.96. The molecule has 0 radical (unpaired) electrons. The van der Waals surface area contributed by atoms with Crippen LogP contribution in [0.2, 0.25) is 0 Å². The third-order valence-electron chi connectivity index (χ3n) is 4.76. The van der Waals surface area contributed by atoms with Gasteiger partial charge in [0.2, 0.25) is 0 Å². The molecule has 0 bridgehead atoms. The number of ether oxygens (including phenoxy) is 1. The molecule has 2 heteroatoms. The Kier molecular flexibility index (Phi) is 4.24. The number of Topliss-reactive ketones (excluding diaryl/α,β-unsaturated/α-hetero) is 1. The quantitative estimate of drug-likeness (QED) is 0.749. The zero-order valence-corrected chi connectivity index (χ0v) is 11.3. The van der Waals surface area contributed by atoms with Gasteiger partial charge < -0.3 is 4.74 Å². The number of carbonyl (C=O) groups excluding carboxylic acids is 1. The lowest BCUT2D eigenvalue weighted by molar-refractivity contribution is -0.155. The third-order valence-corrected chi connectivity index (χ3v) is 4.76. The highest BCUT2D eigenvalue weighted by Crippen LogP contribution is 2.38. The van der Waals surface area contributed by atoms with E-state index >= 15 is 0 Å². The summed E-state index contributed by atoms with van der Waals surface area (Å²) in [5, 5.41) is 0. The molecule has 17 heavy (non-hydrogen) atoms. The summed E-state index contributed by atoms with van der Waals surface area (Å²) in [6.07, 6.45) is 9.20. The summed E-state index contributed by atoms with van der Waals surface area (Å²) in [5.74, 6) is 1.29. The van der Waals surface area contributed by atoms with Crippen LogP contribution in [0.3, 0.4) is 0 Å². The normalized spacial score (nSPS) is 38.9. The molecular weight excluding hydrogens is 212 g/mol. The van der Waals surface area contributed by atoms with Crippen LogP contribution in [-0.4, -0.2) is 18.0 Å². The highest BCUT2D eigenvalue weighted by atomic mass is 16.5. The van der Waals surface area contributed by atoms with Crippen LogP contribution < -0.4 is 0 Å². The molecule has 2 nitrogen and oxygen atoms in total. The summed E-state index contributed by atoms with van der Waals surface area (Å²) >= 11 is 0. The van der Waals surface area contributed by atoms with Gasteiger partial charge in [0.1, 0.15) is 5.60 Å². The molecule has 0 aromatic rings. The van der Waals surface area contributed by atoms with Gasteiger partial charge in [-0.05, 0) is 44.9 Å². The summed E-state index contributed by atoms with van der Waals surface area (Å²) in [6, 6.07) is 0. The topological polar surface area (TPSA) is 26.3 Å². The molecule has 2 aliphatic rings. The van der Waals surface area contributed by atoms with Crippen molar-refractivity contribution in [2.75, 3.05) is 6.61 Å². The average molecular weight is 238 g/mol. The zero-order chi connectivity index (χ0) is 12.3. The second kappa shape index (κ2) is 5.51. The maximum absolute atomic E-state index is 12.7. The minimum atomic E-state index is -0.465. The van der Waals surface area contributed by atoms with Crippen LogP contribution in [0.5, 0.6) is 0 Å². The molecule has 0 N–H and O–H groups in total. The van der Waals surface area contributed by atoms with Crippen molar-refractivity contribution in [3.8, 4) is 0 Å². The Bertz CT molecular complexity index is 266. The van der Waals surface area contributed by atoms with Crippen LogP contribution in [0.15, 0.2) is 0 Å². The summed E-state index contributed by atoms with van der Waals surface area (Å²) in [5.41, 5.74) is -0.465. The predicted octanol–water partition coefficient (Wildman–Crippen LogP) is 3.73. The lowest BCUT2D eigenvalue weighted by Crippen LogP contribution is -2.47. The number of carbonyl (C=O) groups is 1. The Morgan fingerprint density at radius 1 is 1.24 bits per heavy atom. The molecule has 1 heterocycles. The van der Waals surface area contributed by atoms with Crippen molar-refractivity contribution in [3.63, 3.8) is 0 Å². The van der Waals surface area contributed by atoms with Crippen LogP contribution in [0.25, 0.3) is 0 Å². The summed E-state index contributed by atoms with van der Waals surface area (Å²) < 4.78 is 5.82. The molecule has 0 aromatic heterocycles. The van der Waals surface area contributed by atoms with Crippen LogP contribution >= 0.6 is 0 Å². The summed E-state index contributed by atoms with van der Waals surface area (Å²) in [7, 11) is 0. The van der Waals surface area contributed by atoms with Gasteiger partial charge in [0, 0.05) is 12.5 Å². The van der Waals surface area contributed by atoms with Gasteiger partial charge in [-0.15, -0.1) is 0 Å². The molecule has 1 saturated heterocycles. The third kappa shape index (κ3) is 2.73. The van der Waals surface area contributed by atoms with Crippen molar-refractivity contribution in [2.45, 2.75) is 70.8 Å². The minimum absolute atomic E-state index is 0.275. The fourth-order valence-corrected chi connectivity index (χ4v) is 3.56. The SMILES string of the molecule is CCC1CCCCC1C(=O)C1(C)CCCCO1. The van der Waals surface area contributed by atoms with Gasteiger partial charge in [0.25, 0.3) is 0 Å². The molecule has 3 atom stereocenters. The van der Waals surface area contributed by atoms with Gasteiger partial charge in [0.05, 0.1) is 0 Å². The first-order chi connectivity index (χ1) is 8.17. The molecule has 2 fully saturated rings. The van der Waals surface area contributed by atoms with Gasteiger partial charge in [0.15, 0.2) is 5.78 Å². The van der Waals surface area contributed by atoms with Crippen molar-refractivity contribution in [3.05, 3.63) is 0 Å².